The highest BCUT2D eigenvalue weighted by atomic mass is 127. The van der Waals surface area contributed by atoms with Gasteiger partial charge in [0.05, 0.1) is 10.6 Å². The Morgan fingerprint density at radius 1 is 1.07 bits per heavy atom. The molecule has 0 unspecified atom stereocenters. The summed E-state index contributed by atoms with van der Waals surface area (Å²) < 4.78 is 33.5. The first kappa shape index (κ1) is 19.9. The summed E-state index contributed by atoms with van der Waals surface area (Å²) in [5.41, 5.74) is 1.65. The van der Waals surface area contributed by atoms with Crippen molar-refractivity contribution in [3.05, 3.63) is 56.6 Å². The zero-order chi connectivity index (χ0) is 19.9. The number of piperidine rings is 1. The molecule has 0 radical (unpaired) electrons. The number of sulfonamides is 1. The Kier molecular flexibility index (Phi) is 5.56. The lowest BCUT2D eigenvalue weighted by Gasteiger charge is -2.39. The maximum absolute atomic E-state index is 12.9. The van der Waals surface area contributed by atoms with Crippen LogP contribution in [-0.4, -0.2) is 37.9 Å². The maximum Gasteiger partial charge on any atom is 0.414 e. The van der Waals surface area contributed by atoms with Gasteiger partial charge in [0.15, 0.2) is 0 Å². The third-order valence-corrected chi connectivity index (χ3v) is 7.96. The second-order valence-electron chi connectivity index (χ2n) is 6.79. The van der Waals surface area contributed by atoms with Crippen LogP contribution in [0.2, 0.25) is 5.02 Å². The predicted molar refractivity (Wildman–Crippen MR) is 115 cm³/mol. The van der Waals surface area contributed by atoms with E-state index in [4.69, 9.17) is 16.3 Å². The summed E-state index contributed by atoms with van der Waals surface area (Å²) >= 11 is 8.20. The van der Waals surface area contributed by atoms with Crippen molar-refractivity contribution in [2.24, 2.45) is 0 Å². The number of benzene rings is 2. The molecule has 2 aromatic rings. The zero-order valence-corrected chi connectivity index (χ0v) is 18.6. The van der Waals surface area contributed by atoms with Crippen molar-refractivity contribution in [1.82, 2.24) is 4.31 Å². The summed E-state index contributed by atoms with van der Waals surface area (Å²) in [5.74, 6) is 0. The van der Waals surface area contributed by atoms with E-state index in [1.165, 1.54) is 4.31 Å². The van der Waals surface area contributed by atoms with E-state index in [0.29, 0.717) is 35.8 Å². The van der Waals surface area contributed by atoms with Crippen molar-refractivity contribution in [1.29, 1.82) is 0 Å². The molecule has 0 N–H and O–H groups in total. The normalized spacial score (nSPS) is 18.6. The van der Waals surface area contributed by atoms with E-state index < -0.39 is 16.1 Å². The van der Waals surface area contributed by atoms with E-state index in [0.717, 1.165) is 14.8 Å². The van der Waals surface area contributed by atoms with Gasteiger partial charge in [-0.05, 0) is 77.9 Å². The second-order valence-corrected chi connectivity index (χ2v) is 10.4. The van der Waals surface area contributed by atoms with Gasteiger partial charge in [0.1, 0.15) is 6.61 Å². The summed E-state index contributed by atoms with van der Waals surface area (Å²) in [5, 5.41) is 0.593. The van der Waals surface area contributed by atoms with Gasteiger partial charge in [0.25, 0.3) is 0 Å². The molecule has 0 spiro atoms. The largest absolute Gasteiger partial charge is 0.444 e. The fraction of sp³-hybridized carbons (Fsp3) is 0.316. The van der Waals surface area contributed by atoms with Gasteiger partial charge >= 0.3 is 6.09 Å². The second kappa shape index (κ2) is 7.81. The van der Waals surface area contributed by atoms with Crippen molar-refractivity contribution >= 4 is 56.0 Å². The van der Waals surface area contributed by atoms with Crippen LogP contribution in [-0.2, 0) is 21.4 Å². The molecule has 2 aromatic carbocycles. The topological polar surface area (TPSA) is 66.9 Å². The van der Waals surface area contributed by atoms with Gasteiger partial charge in [-0.1, -0.05) is 11.6 Å². The van der Waals surface area contributed by atoms with Crippen molar-refractivity contribution in [3.8, 4) is 0 Å². The molecule has 0 aliphatic carbocycles. The molecular formula is C19H18ClIN2O4S. The number of anilines is 1. The molecule has 2 heterocycles. The molecule has 1 fully saturated rings. The standard InChI is InChI=1S/C19H18ClIN2O4S/c20-14-1-6-18-13(11-14)12-27-19(24)23(18)16-7-9-22(10-8-16)28(25,26)17-4-2-15(21)3-5-17/h1-6,11,16H,7-10,12H2. The molecule has 0 atom stereocenters. The van der Waals surface area contributed by atoms with Crippen LogP contribution in [0.4, 0.5) is 10.5 Å². The molecule has 2 aliphatic rings. The van der Waals surface area contributed by atoms with E-state index >= 15 is 0 Å². The Morgan fingerprint density at radius 3 is 2.43 bits per heavy atom. The third-order valence-electron chi connectivity index (χ3n) is 5.09. The Labute approximate surface area is 182 Å². The number of rotatable bonds is 3. The van der Waals surface area contributed by atoms with Crippen LogP contribution in [0.25, 0.3) is 0 Å². The van der Waals surface area contributed by atoms with E-state index in [2.05, 4.69) is 22.6 Å². The van der Waals surface area contributed by atoms with E-state index in [1.807, 2.05) is 6.07 Å². The first-order valence-corrected chi connectivity index (χ1v) is 11.8. The van der Waals surface area contributed by atoms with Crippen LogP contribution < -0.4 is 4.90 Å². The van der Waals surface area contributed by atoms with Crippen LogP contribution in [0.5, 0.6) is 0 Å². The number of fused-ring (bicyclic) bond motifs is 1. The number of nitrogens with zero attached hydrogens (tertiary/aromatic N) is 2. The Bertz CT molecular complexity index is 1010. The van der Waals surface area contributed by atoms with Crippen LogP contribution in [0.1, 0.15) is 18.4 Å². The molecule has 0 aromatic heterocycles. The molecule has 28 heavy (non-hydrogen) atoms. The number of carbonyl (C=O) groups is 1. The number of carbonyl (C=O) groups excluding carboxylic acids is 1. The molecule has 2 aliphatic heterocycles. The van der Waals surface area contributed by atoms with Crippen LogP contribution in [0.3, 0.4) is 0 Å². The molecule has 148 valence electrons. The number of cyclic esters (lactones) is 1. The summed E-state index contributed by atoms with van der Waals surface area (Å²) in [4.78, 5) is 14.3. The van der Waals surface area contributed by atoms with Gasteiger partial charge < -0.3 is 4.74 Å². The quantitative estimate of drug-likeness (QED) is 0.554. The van der Waals surface area contributed by atoms with Gasteiger partial charge in [-0.15, -0.1) is 0 Å². The molecule has 4 rings (SSSR count). The first-order valence-electron chi connectivity index (χ1n) is 8.86. The van der Waals surface area contributed by atoms with E-state index in [9.17, 15) is 13.2 Å². The number of hydrogen-bond donors (Lipinski definition) is 0. The average molecular weight is 533 g/mol. The lowest BCUT2D eigenvalue weighted by molar-refractivity contribution is 0.136. The molecule has 0 bridgehead atoms. The minimum absolute atomic E-state index is 0.115. The molecule has 1 amide bonds. The highest BCUT2D eigenvalue weighted by Crippen LogP contribution is 2.34. The van der Waals surface area contributed by atoms with Gasteiger partial charge in [-0.2, -0.15) is 4.31 Å². The lowest BCUT2D eigenvalue weighted by Crippen LogP contribution is -2.50. The monoisotopic (exact) mass is 532 g/mol. The Hall–Kier alpha value is -1.36. The van der Waals surface area contributed by atoms with Crippen molar-refractivity contribution in [2.75, 3.05) is 18.0 Å². The molecule has 0 saturated carbocycles. The highest BCUT2D eigenvalue weighted by Gasteiger charge is 2.37. The number of halogens is 2. The van der Waals surface area contributed by atoms with Crippen molar-refractivity contribution in [2.45, 2.75) is 30.4 Å². The smallest absolute Gasteiger partial charge is 0.414 e. The van der Waals surface area contributed by atoms with Crippen molar-refractivity contribution in [3.63, 3.8) is 0 Å². The Balaban J connectivity index is 1.52. The third kappa shape index (κ3) is 3.74. The summed E-state index contributed by atoms with van der Waals surface area (Å²) in [6, 6.07) is 12.1. The minimum Gasteiger partial charge on any atom is -0.444 e. The molecule has 6 nitrogen and oxygen atoms in total. The fourth-order valence-electron chi connectivity index (χ4n) is 3.65. The number of hydrogen-bond acceptors (Lipinski definition) is 4. The van der Waals surface area contributed by atoms with Gasteiger partial charge in [0, 0.05) is 33.3 Å². The van der Waals surface area contributed by atoms with Crippen LogP contribution in [0.15, 0.2) is 47.4 Å². The maximum atomic E-state index is 12.9. The van der Waals surface area contributed by atoms with Gasteiger partial charge in [-0.25, -0.2) is 13.2 Å². The lowest BCUT2D eigenvalue weighted by atomic mass is 10.0. The number of amides is 1. The summed E-state index contributed by atoms with van der Waals surface area (Å²) in [7, 11) is -3.53. The van der Waals surface area contributed by atoms with Crippen LogP contribution >= 0.6 is 34.2 Å². The Morgan fingerprint density at radius 2 is 1.75 bits per heavy atom. The minimum atomic E-state index is -3.53. The van der Waals surface area contributed by atoms with Crippen LogP contribution in [0, 0.1) is 3.57 Å². The van der Waals surface area contributed by atoms with E-state index in [1.54, 1.807) is 41.3 Å². The molecular weight excluding hydrogens is 515 g/mol. The predicted octanol–water partition coefficient (Wildman–Crippen LogP) is 4.25. The summed E-state index contributed by atoms with van der Waals surface area (Å²) in [6.45, 7) is 0.905. The van der Waals surface area contributed by atoms with Gasteiger partial charge in [-0.3, -0.25) is 4.90 Å². The fourth-order valence-corrected chi connectivity index (χ4v) is 5.68. The first-order chi connectivity index (χ1) is 13.4. The van der Waals surface area contributed by atoms with Crippen molar-refractivity contribution < 1.29 is 17.9 Å². The SMILES string of the molecule is O=C1OCc2cc(Cl)ccc2N1C1CCN(S(=O)(=O)c2ccc(I)cc2)CC1. The zero-order valence-electron chi connectivity index (χ0n) is 14.8. The molecule has 1 saturated heterocycles. The molecule has 9 heteroatoms. The number of ether oxygens (including phenoxy) is 1. The highest BCUT2D eigenvalue weighted by molar-refractivity contribution is 14.1. The average Bonchev–Trinajstić information content (AvgIpc) is 2.68. The van der Waals surface area contributed by atoms with Gasteiger partial charge in [0.2, 0.25) is 10.0 Å². The van der Waals surface area contributed by atoms with E-state index in [-0.39, 0.29) is 12.6 Å². The summed E-state index contributed by atoms with van der Waals surface area (Å²) in [6.07, 6.45) is 0.690.